The molecule has 2 rings (SSSR count). The lowest BCUT2D eigenvalue weighted by atomic mass is 10.2. The molecule has 0 saturated heterocycles. The van der Waals surface area contributed by atoms with E-state index in [4.69, 9.17) is 24.1 Å². The Morgan fingerprint density at radius 3 is 2.28 bits per heavy atom. The predicted octanol–water partition coefficient (Wildman–Crippen LogP) is 3.71. The molecule has 32 heavy (non-hydrogen) atoms. The van der Waals surface area contributed by atoms with Crippen LogP contribution in [0.4, 0.5) is 0 Å². The van der Waals surface area contributed by atoms with Crippen molar-refractivity contribution in [3.05, 3.63) is 45.0 Å². The van der Waals surface area contributed by atoms with Crippen molar-refractivity contribution in [3.63, 3.8) is 0 Å². The van der Waals surface area contributed by atoms with Gasteiger partial charge in [0.2, 0.25) is 0 Å². The van der Waals surface area contributed by atoms with Gasteiger partial charge in [-0.15, -0.1) is 0 Å². The Kier molecular flexibility index (Phi) is 10.1. The van der Waals surface area contributed by atoms with Crippen LogP contribution in [0.15, 0.2) is 35.4 Å². The summed E-state index contributed by atoms with van der Waals surface area (Å²) >= 11 is 2.02. The summed E-state index contributed by atoms with van der Waals surface area (Å²) < 4.78 is 22.6. The Labute approximate surface area is 199 Å². The summed E-state index contributed by atoms with van der Waals surface area (Å²) in [5.41, 5.74) is 3.49. The van der Waals surface area contributed by atoms with Gasteiger partial charge in [-0.05, 0) is 79.3 Å². The Balaban J connectivity index is 2.15. The first-order chi connectivity index (χ1) is 15.4. The molecule has 1 amide bonds. The lowest BCUT2D eigenvalue weighted by molar-refractivity contribution is -0.139. The zero-order chi connectivity index (χ0) is 23.5. The van der Waals surface area contributed by atoms with E-state index >= 15 is 0 Å². The minimum absolute atomic E-state index is 0.342. The van der Waals surface area contributed by atoms with Gasteiger partial charge < -0.3 is 24.1 Å². The number of nitrogens with zero attached hydrogens (tertiary/aromatic N) is 1. The highest BCUT2D eigenvalue weighted by Crippen LogP contribution is 2.34. The van der Waals surface area contributed by atoms with Crippen molar-refractivity contribution in [1.29, 1.82) is 0 Å². The summed E-state index contributed by atoms with van der Waals surface area (Å²) in [6.45, 7) is 6.34. The number of benzene rings is 2. The molecule has 0 spiro atoms. The van der Waals surface area contributed by atoms with Crippen LogP contribution in [0, 0.1) is 3.57 Å². The zero-order valence-electron chi connectivity index (χ0n) is 18.0. The molecule has 10 heteroatoms. The highest BCUT2D eigenvalue weighted by atomic mass is 127. The van der Waals surface area contributed by atoms with Crippen LogP contribution in [0.25, 0.3) is 0 Å². The molecule has 2 aromatic rings. The molecule has 0 radical (unpaired) electrons. The van der Waals surface area contributed by atoms with Gasteiger partial charge in [-0.25, -0.2) is 10.2 Å². The number of amides is 1. The van der Waals surface area contributed by atoms with Crippen molar-refractivity contribution in [2.24, 2.45) is 5.10 Å². The maximum Gasteiger partial charge on any atom is 0.341 e. The van der Waals surface area contributed by atoms with Gasteiger partial charge in [0.1, 0.15) is 0 Å². The summed E-state index contributed by atoms with van der Waals surface area (Å²) in [7, 11) is 0. The molecule has 0 fully saturated rings. The topological polar surface area (TPSA) is 116 Å². The Bertz CT molecular complexity index is 979. The van der Waals surface area contributed by atoms with Crippen LogP contribution < -0.4 is 24.4 Å². The first-order valence-electron chi connectivity index (χ1n) is 9.93. The number of hydrazone groups is 1. The average molecular weight is 556 g/mol. The number of carbonyl (C=O) groups excluding carboxylic acids is 1. The van der Waals surface area contributed by atoms with E-state index in [0.717, 1.165) is 0 Å². The molecule has 0 unspecified atom stereocenters. The van der Waals surface area contributed by atoms with Crippen LogP contribution in [0.2, 0.25) is 0 Å². The number of carbonyl (C=O) groups is 2. The zero-order valence-corrected chi connectivity index (χ0v) is 20.2. The Morgan fingerprint density at radius 1 is 0.969 bits per heavy atom. The second kappa shape index (κ2) is 12.7. The Morgan fingerprint density at radius 2 is 1.62 bits per heavy atom. The third-order valence-corrected chi connectivity index (χ3v) is 4.66. The van der Waals surface area contributed by atoms with Gasteiger partial charge in [0.25, 0.3) is 5.91 Å². The van der Waals surface area contributed by atoms with Gasteiger partial charge in [0.15, 0.2) is 29.6 Å². The van der Waals surface area contributed by atoms with Crippen LogP contribution in [-0.4, -0.2) is 49.6 Å². The van der Waals surface area contributed by atoms with Crippen molar-refractivity contribution >= 4 is 40.7 Å². The lowest BCUT2D eigenvalue weighted by Gasteiger charge is -2.13. The SMILES string of the molecule is CCOc1ccc(C(=O)N/N=C/c2cc(I)c(OCC(=O)O)c(OCC)c2)cc1OCC. The van der Waals surface area contributed by atoms with E-state index in [1.807, 2.05) is 43.4 Å². The first-order valence-corrected chi connectivity index (χ1v) is 11.0. The largest absolute Gasteiger partial charge is 0.490 e. The van der Waals surface area contributed by atoms with Crippen LogP contribution in [0.1, 0.15) is 36.7 Å². The monoisotopic (exact) mass is 556 g/mol. The first kappa shape index (κ1) is 25.2. The fourth-order valence-electron chi connectivity index (χ4n) is 2.62. The molecule has 0 aliphatic heterocycles. The van der Waals surface area contributed by atoms with Gasteiger partial charge in [0, 0.05) is 5.56 Å². The van der Waals surface area contributed by atoms with E-state index in [2.05, 4.69) is 10.5 Å². The van der Waals surface area contributed by atoms with Gasteiger partial charge in [-0.2, -0.15) is 5.10 Å². The summed E-state index contributed by atoms with van der Waals surface area (Å²) in [5, 5.41) is 12.9. The third-order valence-electron chi connectivity index (χ3n) is 3.86. The molecule has 0 atom stereocenters. The number of carboxylic acid groups (broad SMARTS) is 1. The summed E-state index contributed by atoms with van der Waals surface area (Å²) in [6.07, 6.45) is 1.46. The van der Waals surface area contributed by atoms with Crippen molar-refractivity contribution in [1.82, 2.24) is 5.43 Å². The van der Waals surface area contributed by atoms with E-state index in [1.54, 1.807) is 30.3 Å². The highest BCUT2D eigenvalue weighted by Gasteiger charge is 2.14. The number of ether oxygens (including phenoxy) is 4. The quantitative estimate of drug-likeness (QED) is 0.233. The number of aliphatic carboxylic acids is 1. The number of nitrogens with one attached hydrogen (secondary N) is 1. The molecule has 0 aromatic heterocycles. The van der Waals surface area contributed by atoms with Crippen LogP contribution >= 0.6 is 22.6 Å². The molecule has 0 aliphatic carbocycles. The molecule has 0 aliphatic rings. The Hall–Kier alpha value is -3.02. The van der Waals surface area contributed by atoms with Crippen molar-refractivity contribution < 1.29 is 33.6 Å². The van der Waals surface area contributed by atoms with Crippen molar-refractivity contribution in [3.8, 4) is 23.0 Å². The fourth-order valence-corrected chi connectivity index (χ4v) is 3.40. The summed E-state index contributed by atoms with van der Waals surface area (Å²) in [4.78, 5) is 23.3. The average Bonchev–Trinajstić information content (AvgIpc) is 2.74. The lowest BCUT2D eigenvalue weighted by Crippen LogP contribution is -2.18. The van der Waals surface area contributed by atoms with Crippen molar-refractivity contribution in [2.75, 3.05) is 26.4 Å². The van der Waals surface area contributed by atoms with Crippen LogP contribution in [-0.2, 0) is 4.79 Å². The smallest absolute Gasteiger partial charge is 0.341 e. The summed E-state index contributed by atoms with van der Waals surface area (Å²) in [5.74, 6) is 0.288. The molecule has 2 N–H and O–H groups in total. The minimum Gasteiger partial charge on any atom is -0.490 e. The van der Waals surface area contributed by atoms with Gasteiger partial charge >= 0.3 is 5.97 Å². The maximum absolute atomic E-state index is 12.5. The number of rotatable bonds is 12. The van der Waals surface area contributed by atoms with E-state index < -0.39 is 18.5 Å². The molecule has 2 aromatic carbocycles. The second-order valence-corrected chi connectivity index (χ2v) is 7.33. The van der Waals surface area contributed by atoms with Crippen LogP contribution in [0.5, 0.6) is 23.0 Å². The van der Waals surface area contributed by atoms with Crippen LogP contribution in [0.3, 0.4) is 0 Å². The number of halogens is 1. The van der Waals surface area contributed by atoms with Gasteiger partial charge in [-0.1, -0.05) is 0 Å². The normalized spacial score (nSPS) is 10.6. The molecule has 0 heterocycles. The molecule has 0 bridgehead atoms. The third kappa shape index (κ3) is 7.29. The molecular weight excluding hydrogens is 531 g/mol. The number of hydrogen-bond acceptors (Lipinski definition) is 7. The van der Waals surface area contributed by atoms with E-state index in [-0.39, 0.29) is 0 Å². The maximum atomic E-state index is 12.5. The number of carboxylic acids is 1. The summed E-state index contributed by atoms with van der Waals surface area (Å²) in [6, 6.07) is 8.30. The fraction of sp³-hybridized carbons (Fsp3) is 0.318. The second-order valence-electron chi connectivity index (χ2n) is 6.17. The molecular formula is C22H25IN2O7. The standard InChI is InChI=1S/C22H25IN2O7/c1-4-29-17-8-7-15(11-18(17)30-5-2)22(28)25-24-12-14-9-16(23)21(32-13-20(26)27)19(10-14)31-6-3/h7-12H,4-6,13H2,1-3H3,(H,25,28)(H,26,27)/b24-12+. The van der Waals surface area contributed by atoms with Crippen molar-refractivity contribution in [2.45, 2.75) is 20.8 Å². The molecule has 0 saturated carbocycles. The number of hydrogen-bond donors (Lipinski definition) is 2. The van der Waals surface area contributed by atoms with E-state index in [9.17, 15) is 9.59 Å². The molecule has 9 nitrogen and oxygen atoms in total. The van der Waals surface area contributed by atoms with E-state index in [0.29, 0.717) is 57.5 Å². The molecule has 172 valence electrons. The minimum atomic E-state index is -1.08. The van der Waals surface area contributed by atoms with Gasteiger partial charge in [0.05, 0.1) is 29.6 Å². The predicted molar refractivity (Wildman–Crippen MR) is 127 cm³/mol. The highest BCUT2D eigenvalue weighted by molar-refractivity contribution is 14.1. The van der Waals surface area contributed by atoms with E-state index in [1.165, 1.54) is 6.21 Å². The van der Waals surface area contributed by atoms with Gasteiger partial charge in [-0.3, -0.25) is 4.79 Å².